The van der Waals surface area contributed by atoms with Gasteiger partial charge in [-0.2, -0.15) is 0 Å². The molecule has 1 nitrogen and oxygen atoms in total. The molecule has 5 heteroatoms. The van der Waals surface area contributed by atoms with Crippen molar-refractivity contribution in [1.29, 1.82) is 0 Å². The maximum atomic E-state index is 13.2. The van der Waals surface area contributed by atoms with Crippen LogP contribution in [0.5, 0.6) is 0 Å². The molecule has 0 aliphatic rings. The number of anilines is 1. The van der Waals surface area contributed by atoms with E-state index in [0.717, 1.165) is 11.3 Å². The van der Waals surface area contributed by atoms with Crippen LogP contribution in [-0.4, -0.2) is 0 Å². The van der Waals surface area contributed by atoms with Crippen LogP contribution < -0.4 is 5.32 Å². The summed E-state index contributed by atoms with van der Waals surface area (Å²) in [4.78, 5) is 0. The molecule has 0 atom stereocenters. The SMILES string of the molecule is Fc1cc(Br)cc(CNc2ccc(Cl)c(Cl)c2)c1. The Kier molecular flexibility index (Phi) is 4.49. The third-order valence-electron chi connectivity index (χ3n) is 2.34. The van der Waals surface area contributed by atoms with Gasteiger partial charge in [0.05, 0.1) is 10.0 Å². The van der Waals surface area contributed by atoms with Crippen molar-refractivity contribution >= 4 is 44.8 Å². The highest BCUT2D eigenvalue weighted by atomic mass is 79.9. The van der Waals surface area contributed by atoms with Crippen molar-refractivity contribution in [2.75, 3.05) is 5.32 Å². The molecular weight excluding hydrogens is 340 g/mol. The highest BCUT2D eigenvalue weighted by Gasteiger charge is 2.01. The molecule has 0 unspecified atom stereocenters. The zero-order chi connectivity index (χ0) is 13.1. The minimum Gasteiger partial charge on any atom is -0.381 e. The zero-order valence-corrected chi connectivity index (χ0v) is 12.3. The first-order chi connectivity index (χ1) is 8.54. The van der Waals surface area contributed by atoms with Gasteiger partial charge in [-0.3, -0.25) is 0 Å². The molecule has 0 amide bonds. The van der Waals surface area contributed by atoms with Crippen LogP contribution in [0.1, 0.15) is 5.56 Å². The van der Waals surface area contributed by atoms with Gasteiger partial charge in [0.15, 0.2) is 0 Å². The first-order valence-corrected chi connectivity index (χ1v) is 6.73. The first-order valence-electron chi connectivity index (χ1n) is 5.18. The van der Waals surface area contributed by atoms with Gasteiger partial charge in [-0.25, -0.2) is 4.39 Å². The Hall–Kier alpha value is -0.770. The predicted octanol–water partition coefficient (Wildman–Crippen LogP) is 5.51. The van der Waals surface area contributed by atoms with Crippen molar-refractivity contribution < 1.29 is 4.39 Å². The molecule has 0 aliphatic carbocycles. The number of rotatable bonds is 3. The minimum atomic E-state index is -0.268. The highest BCUT2D eigenvalue weighted by Crippen LogP contribution is 2.25. The van der Waals surface area contributed by atoms with Gasteiger partial charge in [-0.1, -0.05) is 39.1 Å². The number of nitrogens with one attached hydrogen (secondary N) is 1. The first kappa shape index (κ1) is 13.7. The molecular formula is C13H9BrCl2FN. The topological polar surface area (TPSA) is 12.0 Å². The Morgan fingerprint density at radius 3 is 2.50 bits per heavy atom. The average molecular weight is 349 g/mol. The lowest BCUT2D eigenvalue weighted by Gasteiger charge is -2.08. The molecule has 2 rings (SSSR count). The lowest BCUT2D eigenvalue weighted by Crippen LogP contribution is -1.99. The number of benzene rings is 2. The number of hydrogen-bond donors (Lipinski definition) is 1. The monoisotopic (exact) mass is 347 g/mol. The molecule has 94 valence electrons. The third-order valence-corrected chi connectivity index (χ3v) is 3.54. The second-order valence-electron chi connectivity index (χ2n) is 3.76. The summed E-state index contributed by atoms with van der Waals surface area (Å²) in [6, 6.07) is 10.0. The maximum Gasteiger partial charge on any atom is 0.124 e. The maximum absolute atomic E-state index is 13.2. The fourth-order valence-corrected chi connectivity index (χ4v) is 2.33. The second-order valence-corrected chi connectivity index (χ2v) is 5.49. The van der Waals surface area contributed by atoms with Gasteiger partial charge >= 0.3 is 0 Å². The van der Waals surface area contributed by atoms with E-state index in [1.807, 2.05) is 12.1 Å². The van der Waals surface area contributed by atoms with E-state index < -0.39 is 0 Å². The van der Waals surface area contributed by atoms with Crippen molar-refractivity contribution in [2.24, 2.45) is 0 Å². The average Bonchev–Trinajstić information content (AvgIpc) is 2.29. The quantitative estimate of drug-likeness (QED) is 0.771. The summed E-state index contributed by atoms with van der Waals surface area (Å²) in [5.41, 5.74) is 1.68. The Balaban J connectivity index is 2.08. The Morgan fingerprint density at radius 2 is 1.83 bits per heavy atom. The van der Waals surface area contributed by atoms with Gasteiger partial charge < -0.3 is 5.32 Å². The lowest BCUT2D eigenvalue weighted by molar-refractivity contribution is 0.625. The van der Waals surface area contributed by atoms with Crippen molar-refractivity contribution in [3.63, 3.8) is 0 Å². The summed E-state index contributed by atoms with van der Waals surface area (Å²) in [7, 11) is 0. The van der Waals surface area contributed by atoms with E-state index in [2.05, 4.69) is 21.2 Å². The van der Waals surface area contributed by atoms with Crippen LogP contribution in [0, 0.1) is 5.82 Å². The Bertz CT molecular complexity index is 555. The standard InChI is InChI=1S/C13H9BrCl2FN/c14-9-3-8(4-10(17)5-9)7-18-11-1-2-12(15)13(16)6-11/h1-6,18H,7H2. The second kappa shape index (κ2) is 5.91. The van der Waals surface area contributed by atoms with Gasteiger partial charge in [-0.05, 0) is 42.0 Å². The summed E-state index contributed by atoms with van der Waals surface area (Å²) in [6.07, 6.45) is 0. The van der Waals surface area contributed by atoms with E-state index in [1.54, 1.807) is 12.1 Å². The van der Waals surface area contributed by atoms with Crippen LogP contribution in [0.15, 0.2) is 40.9 Å². The van der Waals surface area contributed by atoms with Crippen molar-refractivity contribution in [2.45, 2.75) is 6.54 Å². The minimum absolute atomic E-state index is 0.268. The molecule has 0 heterocycles. The van der Waals surface area contributed by atoms with Crippen LogP contribution in [0.4, 0.5) is 10.1 Å². The normalized spacial score (nSPS) is 10.4. The largest absolute Gasteiger partial charge is 0.381 e. The van der Waals surface area contributed by atoms with Gasteiger partial charge in [0.1, 0.15) is 5.82 Å². The summed E-state index contributed by atoms with van der Waals surface area (Å²) >= 11 is 15.0. The molecule has 0 radical (unpaired) electrons. The van der Waals surface area contributed by atoms with Crippen LogP contribution >= 0.6 is 39.1 Å². The van der Waals surface area contributed by atoms with E-state index >= 15 is 0 Å². The van der Waals surface area contributed by atoms with Gasteiger partial charge in [0, 0.05) is 16.7 Å². The summed E-state index contributed by atoms with van der Waals surface area (Å²) < 4.78 is 13.9. The van der Waals surface area contributed by atoms with E-state index in [-0.39, 0.29) is 5.82 Å². The third kappa shape index (κ3) is 3.61. The van der Waals surface area contributed by atoms with E-state index in [0.29, 0.717) is 21.1 Å². The predicted molar refractivity (Wildman–Crippen MR) is 77.9 cm³/mol. The molecule has 0 spiro atoms. The molecule has 0 aliphatic heterocycles. The van der Waals surface area contributed by atoms with Crippen molar-refractivity contribution in [1.82, 2.24) is 0 Å². The highest BCUT2D eigenvalue weighted by molar-refractivity contribution is 9.10. The van der Waals surface area contributed by atoms with E-state index in [4.69, 9.17) is 23.2 Å². The van der Waals surface area contributed by atoms with Gasteiger partial charge in [-0.15, -0.1) is 0 Å². The molecule has 18 heavy (non-hydrogen) atoms. The summed E-state index contributed by atoms with van der Waals surface area (Å²) in [5.74, 6) is -0.268. The zero-order valence-electron chi connectivity index (χ0n) is 9.18. The Labute approximate surface area is 123 Å². The van der Waals surface area contributed by atoms with Gasteiger partial charge in [0.25, 0.3) is 0 Å². The molecule has 0 saturated carbocycles. The molecule has 1 N–H and O–H groups in total. The van der Waals surface area contributed by atoms with Crippen LogP contribution in [0.3, 0.4) is 0 Å². The van der Waals surface area contributed by atoms with E-state index in [9.17, 15) is 4.39 Å². The van der Waals surface area contributed by atoms with Crippen LogP contribution in [0.2, 0.25) is 10.0 Å². The van der Waals surface area contributed by atoms with Crippen LogP contribution in [0.25, 0.3) is 0 Å². The summed E-state index contributed by atoms with van der Waals surface area (Å²) in [6.45, 7) is 0.508. The summed E-state index contributed by atoms with van der Waals surface area (Å²) in [5, 5.41) is 4.15. The fourth-order valence-electron chi connectivity index (χ4n) is 1.52. The molecule has 2 aromatic rings. The van der Waals surface area contributed by atoms with Gasteiger partial charge in [0.2, 0.25) is 0 Å². The molecule has 0 fully saturated rings. The van der Waals surface area contributed by atoms with Crippen molar-refractivity contribution in [3.8, 4) is 0 Å². The smallest absolute Gasteiger partial charge is 0.124 e. The Morgan fingerprint density at radius 1 is 1.06 bits per heavy atom. The number of halogens is 4. The molecule has 0 saturated heterocycles. The number of hydrogen-bond acceptors (Lipinski definition) is 1. The molecule has 0 bridgehead atoms. The van der Waals surface area contributed by atoms with E-state index in [1.165, 1.54) is 12.1 Å². The fraction of sp³-hybridized carbons (Fsp3) is 0.0769. The van der Waals surface area contributed by atoms with Crippen LogP contribution in [-0.2, 0) is 6.54 Å². The lowest BCUT2D eigenvalue weighted by atomic mass is 10.2. The molecule has 0 aromatic heterocycles. The van der Waals surface area contributed by atoms with Crippen molar-refractivity contribution in [3.05, 3.63) is 62.3 Å². The molecule has 2 aromatic carbocycles.